The molecule has 3 heterocycles. The third kappa shape index (κ3) is 4.18. The van der Waals surface area contributed by atoms with E-state index in [1.54, 1.807) is 11.9 Å². The lowest BCUT2D eigenvalue weighted by molar-refractivity contribution is -0.148. The zero-order valence-corrected chi connectivity index (χ0v) is 17.8. The van der Waals surface area contributed by atoms with Crippen LogP contribution in [0.2, 0.25) is 0 Å². The Bertz CT molecular complexity index is 988. The molecular formula is C22H27N5O4. The van der Waals surface area contributed by atoms with Crippen molar-refractivity contribution in [1.82, 2.24) is 25.8 Å². The number of hydrazine groups is 1. The Morgan fingerprint density at radius 1 is 1.29 bits per heavy atom. The minimum atomic E-state index is -0.743. The molecule has 2 aliphatic heterocycles. The van der Waals surface area contributed by atoms with E-state index in [2.05, 4.69) is 15.8 Å². The summed E-state index contributed by atoms with van der Waals surface area (Å²) < 4.78 is 4.96. The molecule has 0 saturated carbocycles. The Labute approximate surface area is 180 Å². The van der Waals surface area contributed by atoms with Gasteiger partial charge in [0.15, 0.2) is 0 Å². The molecule has 1 fully saturated rings. The van der Waals surface area contributed by atoms with Gasteiger partial charge in [0.05, 0.1) is 12.1 Å². The maximum atomic E-state index is 13.3. The summed E-state index contributed by atoms with van der Waals surface area (Å²) in [6.07, 6.45) is 2.90. The molecule has 1 aromatic carbocycles. The molecule has 4 rings (SSSR count). The first-order chi connectivity index (χ1) is 15.0. The predicted molar refractivity (Wildman–Crippen MR) is 111 cm³/mol. The van der Waals surface area contributed by atoms with Crippen LogP contribution in [0.3, 0.4) is 0 Å². The van der Waals surface area contributed by atoms with Gasteiger partial charge in [-0.1, -0.05) is 36.3 Å². The van der Waals surface area contributed by atoms with Crippen molar-refractivity contribution in [3.05, 3.63) is 52.9 Å². The molecule has 0 spiro atoms. The topological polar surface area (TPSA) is 108 Å². The lowest BCUT2D eigenvalue weighted by atomic mass is 9.98. The summed E-state index contributed by atoms with van der Waals surface area (Å²) in [7, 11) is 0. The second-order valence-electron chi connectivity index (χ2n) is 8.00. The number of benzene rings is 1. The number of amides is 3. The van der Waals surface area contributed by atoms with E-state index in [1.165, 1.54) is 6.20 Å². The van der Waals surface area contributed by atoms with Gasteiger partial charge in [0.25, 0.3) is 11.8 Å². The summed E-state index contributed by atoms with van der Waals surface area (Å²) in [5.41, 5.74) is 2.49. The van der Waals surface area contributed by atoms with Crippen LogP contribution in [0.15, 0.2) is 35.0 Å². The fourth-order valence-electron chi connectivity index (χ4n) is 4.15. The fourth-order valence-corrected chi connectivity index (χ4v) is 4.15. The summed E-state index contributed by atoms with van der Waals surface area (Å²) in [5, 5.41) is 13.1. The minimum Gasteiger partial charge on any atom is -0.351 e. The highest BCUT2D eigenvalue weighted by molar-refractivity contribution is 5.93. The van der Waals surface area contributed by atoms with Crippen molar-refractivity contribution < 1.29 is 18.9 Å². The number of hydrogen-bond donors (Lipinski definition) is 2. The molecule has 2 N–H and O–H groups in total. The molecule has 0 radical (unpaired) electrons. The van der Waals surface area contributed by atoms with Crippen molar-refractivity contribution in [3.63, 3.8) is 0 Å². The molecule has 1 aromatic heterocycles. The van der Waals surface area contributed by atoms with Gasteiger partial charge in [0.1, 0.15) is 6.04 Å². The van der Waals surface area contributed by atoms with E-state index in [0.717, 1.165) is 24.1 Å². The molecule has 9 nitrogen and oxygen atoms in total. The first kappa shape index (κ1) is 21.0. The zero-order chi connectivity index (χ0) is 22.0. The number of carbonyl (C=O) groups is 3. The van der Waals surface area contributed by atoms with Gasteiger partial charge in [0, 0.05) is 31.7 Å². The van der Waals surface area contributed by atoms with E-state index >= 15 is 0 Å². The van der Waals surface area contributed by atoms with Crippen LogP contribution in [-0.4, -0.2) is 52.5 Å². The maximum Gasteiger partial charge on any atom is 0.290 e. The average Bonchev–Trinajstić information content (AvgIpc) is 3.39. The number of fused-ring (bicyclic) bond motifs is 2. The van der Waals surface area contributed by atoms with E-state index in [1.807, 2.05) is 36.2 Å². The number of nitrogens with one attached hydrogen (secondary N) is 2. The number of aryl methyl sites for hydroxylation is 1. The predicted octanol–water partition coefficient (Wildman–Crippen LogP) is 1.56. The molecule has 1 unspecified atom stereocenters. The fraction of sp³-hybridized carbons (Fsp3) is 0.455. The van der Waals surface area contributed by atoms with Crippen molar-refractivity contribution >= 4 is 17.7 Å². The Morgan fingerprint density at radius 3 is 2.84 bits per heavy atom. The summed E-state index contributed by atoms with van der Waals surface area (Å²) >= 11 is 0. The lowest BCUT2D eigenvalue weighted by Crippen LogP contribution is -2.47. The normalized spacial score (nSPS) is 19.4. The van der Waals surface area contributed by atoms with Gasteiger partial charge < -0.3 is 15.2 Å². The molecule has 2 atom stereocenters. The highest BCUT2D eigenvalue weighted by Crippen LogP contribution is 2.29. The second-order valence-corrected chi connectivity index (χ2v) is 8.00. The van der Waals surface area contributed by atoms with Crippen molar-refractivity contribution in [2.75, 3.05) is 19.6 Å². The molecular weight excluding hydrogens is 398 g/mol. The van der Waals surface area contributed by atoms with E-state index < -0.39 is 17.9 Å². The SMILES string of the molecule is CCC(CNC(=O)c1oncc1C)C(=O)N[C@@H]1C(=O)N2CCCN2Cc2ccccc21. The average molecular weight is 425 g/mol. The summed E-state index contributed by atoms with van der Waals surface area (Å²) in [6.45, 7) is 5.87. The highest BCUT2D eigenvalue weighted by atomic mass is 16.5. The monoisotopic (exact) mass is 425 g/mol. The molecule has 0 bridgehead atoms. The van der Waals surface area contributed by atoms with Crippen LogP contribution in [-0.2, 0) is 16.1 Å². The van der Waals surface area contributed by atoms with Crippen LogP contribution in [0.4, 0.5) is 0 Å². The zero-order valence-electron chi connectivity index (χ0n) is 17.8. The molecule has 1 saturated heterocycles. The van der Waals surface area contributed by atoms with Crippen LogP contribution >= 0.6 is 0 Å². The standard InChI is InChI=1S/C22H27N5O4/c1-3-15(12-23-21(29)19-14(2)11-24-31-19)20(28)25-18-17-8-5-4-7-16(17)13-26-9-6-10-27(26)22(18)30/h4-5,7-8,11,15,18H,3,6,9-10,12-13H2,1-2H3,(H,23,29)(H,25,28)/t15?,18-/m0/s1. The molecule has 2 aliphatic rings. The van der Waals surface area contributed by atoms with Crippen molar-refractivity contribution in [2.45, 2.75) is 39.3 Å². The van der Waals surface area contributed by atoms with Crippen LogP contribution in [0.25, 0.3) is 0 Å². The van der Waals surface area contributed by atoms with E-state index in [9.17, 15) is 14.4 Å². The van der Waals surface area contributed by atoms with Gasteiger partial charge >= 0.3 is 0 Å². The van der Waals surface area contributed by atoms with E-state index in [-0.39, 0.29) is 24.1 Å². The lowest BCUT2D eigenvalue weighted by Gasteiger charge is -2.28. The summed E-state index contributed by atoms with van der Waals surface area (Å²) in [4.78, 5) is 38.7. The van der Waals surface area contributed by atoms with Crippen LogP contribution in [0.5, 0.6) is 0 Å². The van der Waals surface area contributed by atoms with Crippen LogP contribution in [0, 0.1) is 12.8 Å². The number of aromatic nitrogens is 1. The third-order valence-electron chi connectivity index (χ3n) is 5.96. The van der Waals surface area contributed by atoms with Crippen molar-refractivity contribution in [3.8, 4) is 0 Å². The van der Waals surface area contributed by atoms with Gasteiger partial charge in [0.2, 0.25) is 11.7 Å². The number of rotatable bonds is 6. The van der Waals surface area contributed by atoms with Crippen LogP contribution in [0.1, 0.15) is 53.1 Å². The highest BCUT2D eigenvalue weighted by Gasteiger charge is 2.38. The maximum absolute atomic E-state index is 13.3. The smallest absolute Gasteiger partial charge is 0.290 e. The summed E-state index contributed by atoms with van der Waals surface area (Å²) in [5.74, 6) is -1.14. The minimum absolute atomic E-state index is 0.119. The van der Waals surface area contributed by atoms with Crippen molar-refractivity contribution in [2.24, 2.45) is 5.92 Å². The van der Waals surface area contributed by atoms with Gasteiger partial charge in [-0.3, -0.25) is 19.4 Å². The molecule has 164 valence electrons. The summed E-state index contributed by atoms with van der Waals surface area (Å²) in [6, 6.07) is 6.99. The first-order valence-corrected chi connectivity index (χ1v) is 10.6. The third-order valence-corrected chi connectivity index (χ3v) is 5.96. The second kappa shape index (κ2) is 8.89. The largest absolute Gasteiger partial charge is 0.351 e. The van der Waals surface area contributed by atoms with Gasteiger partial charge in [-0.05, 0) is 30.9 Å². The Balaban J connectivity index is 1.48. The van der Waals surface area contributed by atoms with Crippen molar-refractivity contribution in [1.29, 1.82) is 0 Å². The number of nitrogens with zero attached hydrogens (tertiary/aromatic N) is 3. The number of hydrogen-bond acceptors (Lipinski definition) is 6. The number of carbonyl (C=O) groups excluding carboxylic acids is 3. The molecule has 2 aromatic rings. The molecule has 3 amide bonds. The molecule has 31 heavy (non-hydrogen) atoms. The molecule has 9 heteroatoms. The van der Waals surface area contributed by atoms with Gasteiger partial charge in [-0.15, -0.1) is 0 Å². The van der Waals surface area contributed by atoms with Gasteiger partial charge in [-0.2, -0.15) is 0 Å². The quantitative estimate of drug-likeness (QED) is 0.727. The Morgan fingerprint density at radius 2 is 2.10 bits per heavy atom. The first-order valence-electron chi connectivity index (χ1n) is 10.6. The van der Waals surface area contributed by atoms with E-state index in [4.69, 9.17) is 4.52 Å². The van der Waals surface area contributed by atoms with Gasteiger partial charge in [-0.25, -0.2) is 5.01 Å². The van der Waals surface area contributed by atoms with E-state index in [0.29, 0.717) is 25.1 Å². The van der Waals surface area contributed by atoms with Crippen LogP contribution < -0.4 is 10.6 Å². The Hall–Kier alpha value is -3.20. The molecule has 0 aliphatic carbocycles. The Kier molecular flexibility index (Phi) is 6.03.